The summed E-state index contributed by atoms with van der Waals surface area (Å²) in [7, 11) is 0. The number of hydrogen-bond acceptors (Lipinski definition) is 5. The number of nitrogens with one attached hydrogen (secondary N) is 1. The van der Waals surface area contributed by atoms with Crippen molar-refractivity contribution in [3.05, 3.63) is 68.2 Å². The van der Waals surface area contributed by atoms with E-state index in [0.29, 0.717) is 24.7 Å². The van der Waals surface area contributed by atoms with Crippen LogP contribution in [0.1, 0.15) is 34.2 Å². The molecule has 0 atom stereocenters. The molecule has 6 nitrogen and oxygen atoms in total. The molecule has 1 N–H and O–H groups in total. The minimum atomic E-state index is -0.428. The molecule has 1 aliphatic heterocycles. The number of carbonyl (C=O) groups excluding carboxylic acids is 2. The molecule has 4 rings (SSSR count). The van der Waals surface area contributed by atoms with E-state index < -0.39 is 11.7 Å². The molecule has 35 heavy (non-hydrogen) atoms. The maximum Gasteiger partial charge on any atom is 0.250 e. The zero-order valence-electron chi connectivity index (χ0n) is 19.6. The topological polar surface area (TPSA) is 71.5 Å². The van der Waals surface area contributed by atoms with E-state index in [1.807, 2.05) is 12.1 Å². The average Bonchev–Trinajstić information content (AvgIpc) is 3.23. The van der Waals surface area contributed by atoms with Gasteiger partial charge in [-0.25, -0.2) is 9.37 Å². The summed E-state index contributed by atoms with van der Waals surface area (Å²) in [5.74, 6) is -0.661. The fourth-order valence-electron chi connectivity index (χ4n) is 4.08. The van der Waals surface area contributed by atoms with Crippen molar-refractivity contribution in [2.24, 2.45) is 0 Å². The molecular formula is C26H27BrFN3O3S. The fourth-order valence-corrected chi connectivity index (χ4v) is 5.46. The summed E-state index contributed by atoms with van der Waals surface area (Å²) in [5.41, 5.74) is 3.27. The van der Waals surface area contributed by atoms with Crippen LogP contribution in [0.4, 0.5) is 10.1 Å². The third-order valence-electron chi connectivity index (χ3n) is 6.06. The van der Waals surface area contributed by atoms with E-state index >= 15 is 0 Å². The number of thiazole rings is 1. The maximum atomic E-state index is 13.4. The Morgan fingerprint density at radius 2 is 1.86 bits per heavy atom. The third-order valence-corrected chi connectivity index (χ3v) is 7.72. The van der Waals surface area contributed by atoms with Crippen LogP contribution in [0.3, 0.4) is 0 Å². The molecule has 0 saturated carbocycles. The number of piperidine rings is 1. The zero-order chi connectivity index (χ0) is 24.9. The van der Waals surface area contributed by atoms with Crippen LogP contribution >= 0.6 is 27.3 Å². The minimum Gasteiger partial charge on any atom is -0.362 e. The van der Waals surface area contributed by atoms with Crippen molar-refractivity contribution < 1.29 is 18.7 Å². The first-order valence-corrected chi connectivity index (χ1v) is 13.1. The molecule has 1 fully saturated rings. The standard InChI is InChI=1S/C26H27BrFN3O3S/c1-16-3-8-21(28)13-22(16)29-23(32)14-34-15-24(33)31-11-9-19(10-12-31)26-30-25(17(2)35-26)18-4-6-20(27)7-5-18/h3-8,13,19H,9-12,14-15H2,1-2H3,(H,29,32). The molecule has 0 radical (unpaired) electrons. The van der Waals surface area contributed by atoms with E-state index in [1.54, 1.807) is 29.2 Å². The van der Waals surface area contributed by atoms with Crippen molar-refractivity contribution in [2.45, 2.75) is 32.6 Å². The third kappa shape index (κ3) is 6.54. The van der Waals surface area contributed by atoms with Gasteiger partial charge < -0.3 is 15.0 Å². The number of aromatic nitrogens is 1. The van der Waals surface area contributed by atoms with Crippen LogP contribution in [0, 0.1) is 19.7 Å². The molecule has 1 saturated heterocycles. The number of carbonyl (C=O) groups is 2. The van der Waals surface area contributed by atoms with Gasteiger partial charge in [0.25, 0.3) is 0 Å². The van der Waals surface area contributed by atoms with Crippen LogP contribution in [0.5, 0.6) is 0 Å². The Hall–Kier alpha value is -2.62. The number of aryl methyl sites for hydroxylation is 2. The maximum absolute atomic E-state index is 13.4. The predicted octanol–water partition coefficient (Wildman–Crippen LogP) is 5.69. The molecule has 2 heterocycles. The summed E-state index contributed by atoms with van der Waals surface area (Å²) in [5, 5.41) is 3.73. The summed E-state index contributed by atoms with van der Waals surface area (Å²) in [6.45, 7) is 4.71. The second kappa shape index (κ2) is 11.4. The van der Waals surface area contributed by atoms with Crippen LogP contribution in [0.15, 0.2) is 46.9 Å². The first-order valence-electron chi connectivity index (χ1n) is 11.4. The SMILES string of the molecule is Cc1ccc(F)cc1NC(=O)COCC(=O)N1CCC(c2nc(-c3ccc(Br)cc3)c(C)s2)CC1. The number of likely N-dealkylation sites (tertiary alicyclic amines) is 1. The lowest BCUT2D eigenvalue weighted by Crippen LogP contribution is -2.40. The van der Waals surface area contributed by atoms with Gasteiger partial charge in [-0.15, -0.1) is 11.3 Å². The first kappa shape index (κ1) is 25.5. The van der Waals surface area contributed by atoms with Gasteiger partial charge in [0.05, 0.1) is 10.7 Å². The smallest absolute Gasteiger partial charge is 0.250 e. The Kier molecular flexibility index (Phi) is 8.30. The molecule has 0 aliphatic carbocycles. The van der Waals surface area contributed by atoms with E-state index in [-0.39, 0.29) is 19.1 Å². The van der Waals surface area contributed by atoms with Gasteiger partial charge in [-0.2, -0.15) is 0 Å². The molecular weight excluding hydrogens is 533 g/mol. The van der Waals surface area contributed by atoms with E-state index in [1.165, 1.54) is 17.0 Å². The average molecular weight is 560 g/mol. The molecule has 2 aromatic carbocycles. The van der Waals surface area contributed by atoms with E-state index in [0.717, 1.165) is 39.1 Å². The number of ether oxygens (including phenoxy) is 1. The highest BCUT2D eigenvalue weighted by Gasteiger charge is 2.26. The van der Waals surface area contributed by atoms with Gasteiger partial charge in [0.15, 0.2) is 0 Å². The Labute approximate surface area is 216 Å². The predicted molar refractivity (Wildman–Crippen MR) is 139 cm³/mol. The number of anilines is 1. The first-order chi connectivity index (χ1) is 16.8. The Morgan fingerprint density at radius 1 is 1.14 bits per heavy atom. The van der Waals surface area contributed by atoms with Crippen LogP contribution in [-0.4, -0.2) is 48.0 Å². The van der Waals surface area contributed by atoms with Gasteiger partial charge in [-0.05, 0) is 56.5 Å². The normalized spacial score (nSPS) is 14.2. The number of hydrogen-bond donors (Lipinski definition) is 1. The van der Waals surface area contributed by atoms with Gasteiger partial charge in [0.2, 0.25) is 11.8 Å². The van der Waals surface area contributed by atoms with Crippen LogP contribution in [-0.2, 0) is 14.3 Å². The largest absolute Gasteiger partial charge is 0.362 e. The molecule has 184 valence electrons. The molecule has 0 unspecified atom stereocenters. The second-order valence-corrected chi connectivity index (χ2v) is 10.8. The summed E-state index contributed by atoms with van der Waals surface area (Å²) in [4.78, 5) is 32.5. The summed E-state index contributed by atoms with van der Waals surface area (Å²) < 4.78 is 19.7. The second-order valence-electron chi connectivity index (χ2n) is 8.62. The van der Waals surface area contributed by atoms with Gasteiger partial charge in [-0.1, -0.05) is 34.1 Å². The highest BCUT2D eigenvalue weighted by Crippen LogP contribution is 2.36. The van der Waals surface area contributed by atoms with Crippen LogP contribution in [0.25, 0.3) is 11.3 Å². The highest BCUT2D eigenvalue weighted by atomic mass is 79.9. The van der Waals surface area contributed by atoms with Crippen LogP contribution in [0.2, 0.25) is 0 Å². The lowest BCUT2D eigenvalue weighted by atomic mass is 9.97. The molecule has 3 aromatic rings. The zero-order valence-corrected chi connectivity index (χ0v) is 22.0. The van der Waals surface area contributed by atoms with E-state index in [2.05, 4.69) is 40.3 Å². The highest BCUT2D eigenvalue weighted by molar-refractivity contribution is 9.10. The molecule has 1 aliphatic rings. The van der Waals surface area contributed by atoms with Crippen molar-refractivity contribution >= 4 is 44.8 Å². The Balaban J connectivity index is 1.23. The molecule has 1 aromatic heterocycles. The van der Waals surface area contributed by atoms with Gasteiger partial charge in [-0.3, -0.25) is 9.59 Å². The van der Waals surface area contributed by atoms with E-state index in [4.69, 9.17) is 9.72 Å². The number of halogens is 2. The number of nitrogens with zero attached hydrogens (tertiary/aromatic N) is 2. The van der Waals surface area contributed by atoms with Crippen molar-refractivity contribution in [3.63, 3.8) is 0 Å². The minimum absolute atomic E-state index is 0.135. The van der Waals surface area contributed by atoms with Gasteiger partial charge >= 0.3 is 0 Å². The fraction of sp³-hybridized carbons (Fsp3) is 0.346. The van der Waals surface area contributed by atoms with Gasteiger partial charge in [0.1, 0.15) is 19.0 Å². The quantitative estimate of drug-likeness (QED) is 0.403. The summed E-state index contributed by atoms with van der Waals surface area (Å²) >= 11 is 5.20. The van der Waals surface area contributed by atoms with Gasteiger partial charge in [0, 0.05) is 39.6 Å². The number of benzene rings is 2. The van der Waals surface area contributed by atoms with Crippen molar-refractivity contribution in [1.82, 2.24) is 9.88 Å². The molecule has 0 spiro atoms. The molecule has 2 amide bonds. The van der Waals surface area contributed by atoms with Crippen molar-refractivity contribution in [2.75, 3.05) is 31.6 Å². The lowest BCUT2D eigenvalue weighted by Gasteiger charge is -2.31. The monoisotopic (exact) mass is 559 g/mol. The number of rotatable bonds is 7. The van der Waals surface area contributed by atoms with E-state index in [9.17, 15) is 14.0 Å². The molecule has 0 bridgehead atoms. The lowest BCUT2D eigenvalue weighted by molar-refractivity contribution is -0.138. The van der Waals surface area contributed by atoms with Crippen molar-refractivity contribution in [1.29, 1.82) is 0 Å². The summed E-state index contributed by atoms with van der Waals surface area (Å²) in [6, 6.07) is 12.4. The Bertz CT molecular complexity index is 1210. The molecule has 9 heteroatoms. The van der Waals surface area contributed by atoms with Crippen LogP contribution < -0.4 is 5.32 Å². The Morgan fingerprint density at radius 3 is 2.57 bits per heavy atom. The number of amides is 2. The van der Waals surface area contributed by atoms with Crippen molar-refractivity contribution in [3.8, 4) is 11.3 Å². The summed E-state index contributed by atoms with van der Waals surface area (Å²) in [6.07, 6.45) is 1.69.